The van der Waals surface area contributed by atoms with Crippen LogP contribution >= 0.6 is 23.3 Å². The van der Waals surface area contributed by atoms with E-state index in [0.29, 0.717) is 5.92 Å². The van der Waals surface area contributed by atoms with Crippen LogP contribution < -0.4 is 10.5 Å². The molecule has 5 nitrogen and oxygen atoms in total. The first-order valence-corrected chi connectivity index (χ1v) is 12.3. The SMILES string of the molecule is CC(C)(C)NSc1cc(F)ccc1-c1cnc(C2CCCCC2)s1.CC(C)OC(N)=O. The first-order chi connectivity index (χ1) is 14.5. The van der Waals surface area contributed by atoms with Crippen molar-refractivity contribution in [2.75, 3.05) is 0 Å². The molecule has 31 heavy (non-hydrogen) atoms. The maximum Gasteiger partial charge on any atom is 0.404 e. The molecule has 172 valence electrons. The highest BCUT2D eigenvalue weighted by Crippen LogP contribution is 2.40. The van der Waals surface area contributed by atoms with E-state index in [9.17, 15) is 9.18 Å². The highest BCUT2D eigenvalue weighted by molar-refractivity contribution is 7.97. The Balaban J connectivity index is 0.000000423. The fraction of sp³-hybridized carbons (Fsp3) is 0.565. The molecule has 3 N–H and O–H groups in total. The van der Waals surface area contributed by atoms with Crippen LogP contribution in [0.4, 0.5) is 9.18 Å². The number of rotatable bonds is 5. The van der Waals surface area contributed by atoms with E-state index >= 15 is 0 Å². The van der Waals surface area contributed by atoms with Gasteiger partial charge in [-0.15, -0.1) is 11.3 Å². The van der Waals surface area contributed by atoms with Gasteiger partial charge in [0.15, 0.2) is 0 Å². The molecule has 0 radical (unpaired) electrons. The topological polar surface area (TPSA) is 77.2 Å². The van der Waals surface area contributed by atoms with Gasteiger partial charge in [0, 0.05) is 28.1 Å². The van der Waals surface area contributed by atoms with Gasteiger partial charge in [-0.25, -0.2) is 14.2 Å². The second-order valence-electron chi connectivity index (χ2n) is 8.98. The number of carbonyl (C=O) groups excluding carboxylic acids is 1. The summed E-state index contributed by atoms with van der Waals surface area (Å²) in [5.41, 5.74) is 5.67. The molecule has 1 saturated carbocycles. The number of hydrogen-bond acceptors (Lipinski definition) is 6. The molecule has 0 atom stereocenters. The lowest BCUT2D eigenvalue weighted by atomic mass is 9.90. The first-order valence-electron chi connectivity index (χ1n) is 10.7. The summed E-state index contributed by atoms with van der Waals surface area (Å²) in [5.74, 6) is 0.413. The Bertz CT molecular complexity index is 844. The summed E-state index contributed by atoms with van der Waals surface area (Å²) in [6.07, 6.45) is 7.63. The summed E-state index contributed by atoms with van der Waals surface area (Å²) in [6, 6.07) is 5.02. The molecule has 2 aromatic rings. The molecule has 0 saturated heterocycles. The number of aromatic nitrogens is 1. The molecule has 1 fully saturated rings. The van der Waals surface area contributed by atoms with E-state index in [1.165, 1.54) is 55.1 Å². The summed E-state index contributed by atoms with van der Waals surface area (Å²) >= 11 is 3.27. The minimum absolute atomic E-state index is 0.0325. The van der Waals surface area contributed by atoms with Crippen molar-refractivity contribution >= 4 is 29.4 Å². The van der Waals surface area contributed by atoms with Crippen molar-refractivity contribution in [3.8, 4) is 10.4 Å². The van der Waals surface area contributed by atoms with Crippen LogP contribution in [0.15, 0.2) is 29.3 Å². The highest BCUT2D eigenvalue weighted by atomic mass is 32.2. The van der Waals surface area contributed by atoms with Gasteiger partial charge >= 0.3 is 6.09 Å². The van der Waals surface area contributed by atoms with Crippen LogP contribution in [-0.2, 0) is 4.74 Å². The quantitative estimate of drug-likeness (QED) is 0.469. The van der Waals surface area contributed by atoms with Crippen molar-refractivity contribution in [1.82, 2.24) is 9.71 Å². The molecule has 1 aromatic heterocycles. The number of nitrogens with two attached hydrogens (primary N) is 1. The maximum absolute atomic E-state index is 13.7. The monoisotopic (exact) mass is 467 g/mol. The van der Waals surface area contributed by atoms with Gasteiger partial charge < -0.3 is 10.5 Å². The third kappa shape index (κ3) is 9.17. The zero-order valence-electron chi connectivity index (χ0n) is 19.0. The number of nitrogens with zero attached hydrogens (tertiary/aromatic N) is 1. The van der Waals surface area contributed by atoms with Crippen molar-refractivity contribution in [3.05, 3.63) is 35.2 Å². The zero-order chi connectivity index (χ0) is 23.0. The number of halogens is 1. The lowest BCUT2D eigenvalue weighted by molar-refractivity contribution is 0.125. The fourth-order valence-corrected chi connectivity index (χ4v) is 5.24. The average molecular weight is 468 g/mol. The van der Waals surface area contributed by atoms with E-state index in [4.69, 9.17) is 0 Å². The average Bonchev–Trinajstić information content (AvgIpc) is 3.16. The van der Waals surface area contributed by atoms with Gasteiger partial charge in [-0.2, -0.15) is 0 Å². The maximum atomic E-state index is 13.7. The Kier molecular flexibility index (Phi) is 9.78. The minimum atomic E-state index is -0.713. The van der Waals surface area contributed by atoms with Crippen LogP contribution in [0.2, 0.25) is 0 Å². The lowest BCUT2D eigenvalue weighted by Gasteiger charge is -2.20. The van der Waals surface area contributed by atoms with Crippen LogP contribution in [-0.4, -0.2) is 22.7 Å². The van der Waals surface area contributed by atoms with Crippen LogP contribution in [0.1, 0.15) is 77.6 Å². The third-order valence-corrected chi connectivity index (χ3v) is 6.97. The molecule has 0 spiro atoms. The lowest BCUT2D eigenvalue weighted by Crippen LogP contribution is -2.29. The van der Waals surface area contributed by atoms with E-state index in [2.05, 4.69) is 40.9 Å². The molecule has 1 heterocycles. The normalized spacial score (nSPS) is 14.8. The van der Waals surface area contributed by atoms with Gasteiger partial charge in [-0.3, -0.25) is 4.72 Å². The summed E-state index contributed by atoms with van der Waals surface area (Å²) in [4.78, 5) is 16.5. The van der Waals surface area contributed by atoms with Gasteiger partial charge in [0.25, 0.3) is 0 Å². The number of hydrogen-bond donors (Lipinski definition) is 2. The van der Waals surface area contributed by atoms with E-state index in [1.54, 1.807) is 31.3 Å². The van der Waals surface area contributed by atoms with E-state index in [0.717, 1.165) is 15.3 Å². The van der Waals surface area contributed by atoms with Crippen molar-refractivity contribution in [3.63, 3.8) is 0 Å². The number of primary amides is 1. The standard InChI is InChI=1S/C19H25FN2S2.C4H9NO2/c1-19(2,3)22-24-16-11-14(20)9-10-15(16)17-12-21-18(23-17)13-7-5-4-6-8-13;1-3(2)7-4(5)6/h9-13,22H,4-8H2,1-3H3;3H,1-2H3,(H2,5,6). The zero-order valence-corrected chi connectivity index (χ0v) is 20.7. The second kappa shape index (κ2) is 11.8. The van der Waals surface area contributed by atoms with E-state index in [-0.39, 0.29) is 17.5 Å². The molecule has 1 aliphatic rings. The Morgan fingerprint density at radius 2 is 1.97 bits per heavy atom. The molecule has 1 aromatic carbocycles. The van der Waals surface area contributed by atoms with Crippen molar-refractivity contribution in [2.45, 2.75) is 89.2 Å². The van der Waals surface area contributed by atoms with Crippen LogP contribution in [0.5, 0.6) is 0 Å². The number of carbonyl (C=O) groups is 1. The second-order valence-corrected chi connectivity index (χ2v) is 10.9. The molecule has 0 aliphatic heterocycles. The summed E-state index contributed by atoms with van der Waals surface area (Å²) in [5, 5.41) is 1.24. The summed E-state index contributed by atoms with van der Waals surface area (Å²) in [7, 11) is 0. The van der Waals surface area contributed by atoms with Gasteiger partial charge in [-0.05, 0) is 77.6 Å². The van der Waals surface area contributed by atoms with Gasteiger partial charge in [0.1, 0.15) is 5.82 Å². The predicted octanol–water partition coefficient (Wildman–Crippen LogP) is 6.88. The van der Waals surface area contributed by atoms with Crippen molar-refractivity contribution in [2.24, 2.45) is 5.73 Å². The third-order valence-electron chi connectivity index (χ3n) is 4.51. The van der Waals surface area contributed by atoms with Gasteiger partial charge in [-0.1, -0.05) is 19.3 Å². The number of benzene rings is 1. The van der Waals surface area contributed by atoms with Crippen molar-refractivity contribution in [1.29, 1.82) is 0 Å². The Morgan fingerprint density at radius 3 is 2.52 bits per heavy atom. The predicted molar refractivity (Wildman–Crippen MR) is 128 cm³/mol. The smallest absolute Gasteiger partial charge is 0.404 e. The molecule has 1 aliphatic carbocycles. The summed E-state index contributed by atoms with van der Waals surface area (Å²) < 4.78 is 21.5. The Morgan fingerprint density at radius 1 is 1.29 bits per heavy atom. The number of amides is 1. The summed E-state index contributed by atoms with van der Waals surface area (Å²) in [6.45, 7) is 9.79. The van der Waals surface area contributed by atoms with E-state index < -0.39 is 6.09 Å². The fourth-order valence-electron chi connectivity index (χ4n) is 3.17. The van der Waals surface area contributed by atoms with Crippen molar-refractivity contribution < 1.29 is 13.9 Å². The molecule has 3 rings (SSSR count). The Labute approximate surface area is 193 Å². The molecular formula is C23H34FN3O2S2. The molecule has 1 amide bonds. The largest absolute Gasteiger partial charge is 0.447 e. The van der Waals surface area contributed by atoms with Crippen LogP contribution in [0, 0.1) is 5.82 Å². The van der Waals surface area contributed by atoms with Gasteiger partial charge in [0.2, 0.25) is 0 Å². The molecular weight excluding hydrogens is 433 g/mol. The minimum Gasteiger partial charge on any atom is -0.447 e. The molecule has 8 heteroatoms. The van der Waals surface area contributed by atoms with Crippen LogP contribution in [0.3, 0.4) is 0 Å². The van der Waals surface area contributed by atoms with Crippen LogP contribution in [0.25, 0.3) is 10.4 Å². The number of thiazole rings is 1. The van der Waals surface area contributed by atoms with E-state index in [1.807, 2.05) is 12.3 Å². The molecule has 0 bridgehead atoms. The highest BCUT2D eigenvalue weighted by Gasteiger charge is 2.20. The first kappa shape index (κ1) is 25.6. The molecule has 0 unspecified atom stereocenters. The Hall–Kier alpha value is -1.64. The van der Waals surface area contributed by atoms with Gasteiger partial charge in [0.05, 0.1) is 16.0 Å². The number of ether oxygens (including phenoxy) is 1. The number of nitrogens with one attached hydrogen (secondary N) is 1.